The van der Waals surface area contributed by atoms with Gasteiger partial charge in [0.2, 0.25) is 0 Å². The third kappa shape index (κ3) is 7.78. The Labute approximate surface area is 161 Å². The number of rotatable bonds is 8. The zero-order valence-corrected chi connectivity index (χ0v) is 18.2. The Bertz CT molecular complexity index is 579. The molecular weight excluding hydrogens is 382 g/mol. The van der Waals surface area contributed by atoms with E-state index in [0.29, 0.717) is 13.2 Å². The lowest BCUT2D eigenvalue weighted by Crippen LogP contribution is -2.34. The second kappa shape index (κ2) is 9.04. The van der Waals surface area contributed by atoms with Crippen molar-refractivity contribution in [3.63, 3.8) is 0 Å². The molecule has 0 saturated heterocycles. The molecule has 0 N–H and O–H groups in total. The summed E-state index contributed by atoms with van der Waals surface area (Å²) in [6.07, 6.45) is 1.03. The molecule has 1 aromatic rings. The van der Waals surface area contributed by atoms with Crippen LogP contribution in [0.25, 0.3) is 0 Å². The molecule has 0 aromatic heterocycles. The Morgan fingerprint density at radius 1 is 1.20 bits per heavy atom. The predicted octanol–water partition coefficient (Wildman–Crippen LogP) is 4.79. The number of ether oxygens (including phenoxy) is 2. The summed E-state index contributed by atoms with van der Waals surface area (Å²) in [5, 5.41) is 0. The van der Waals surface area contributed by atoms with Gasteiger partial charge in [-0.2, -0.15) is 0 Å². The van der Waals surface area contributed by atoms with Crippen molar-refractivity contribution in [2.45, 2.75) is 59.0 Å². The van der Waals surface area contributed by atoms with E-state index in [9.17, 15) is 4.79 Å². The topological polar surface area (TPSA) is 38.8 Å². The molecule has 0 radical (unpaired) electrons. The van der Waals surface area contributed by atoms with Gasteiger partial charge in [-0.3, -0.25) is 9.69 Å². The van der Waals surface area contributed by atoms with E-state index in [1.165, 1.54) is 5.56 Å². The van der Waals surface area contributed by atoms with Gasteiger partial charge in [0.15, 0.2) is 0 Å². The summed E-state index contributed by atoms with van der Waals surface area (Å²) in [4.78, 5) is 13.8. The van der Waals surface area contributed by atoms with Crippen LogP contribution in [0, 0.1) is 0 Å². The lowest BCUT2D eigenvalue weighted by atomic mass is 9.82. The second-order valence-electron chi connectivity index (χ2n) is 8.05. The van der Waals surface area contributed by atoms with Crippen LogP contribution >= 0.6 is 15.9 Å². The molecule has 0 heterocycles. The summed E-state index contributed by atoms with van der Waals surface area (Å²) in [6, 6.07) is 6.13. The molecule has 0 aliphatic carbocycles. The van der Waals surface area contributed by atoms with Crippen LogP contribution in [0.4, 0.5) is 0 Å². The third-order valence-corrected chi connectivity index (χ3v) is 4.60. The number of halogens is 1. The molecule has 0 fully saturated rings. The van der Waals surface area contributed by atoms with Crippen molar-refractivity contribution in [1.29, 1.82) is 0 Å². The van der Waals surface area contributed by atoms with E-state index >= 15 is 0 Å². The largest absolute Gasteiger partial charge is 0.492 e. The van der Waals surface area contributed by atoms with Crippen LogP contribution in [-0.2, 0) is 14.9 Å². The molecule has 1 aromatic carbocycles. The maximum atomic E-state index is 11.9. The molecule has 0 amide bonds. The van der Waals surface area contributed by atoms with Gasteiger partial charge >= 0.3 is 5.97 Å². The Hall–Kier alpha value is -1.07. The second-order valence-corrected chi connectivity index (χ2v) is 8.97. The first-order chi connectivity index (χ1) is 11.4. The highest BCUT2D eigenvalue weighted by molar-refractivity contribution is 9.10. The molecule has 4 nitrogen and oxygen atoms in total. The Morgan fingerprint density at radius 3 is 2.40 bits per heavy atom. The van der Waals surface area contributed by atoms with Crippen molar-refractivity contribution in [1.82, 2.24) is 4.90 Å². The van der Waals surface area contributed by atoms with Crippen LogP contribution in [0.2, 0.25) is 0 Å². The van der Waals surface area contributed by atoms with Gasteiger partial charge in [-0.15, -0.1) is 0 Å². The van der Waals surface area contributed by atoms with Gasteiger partial charge in [0.1, 0.15) is 18.0 Å². The first kappa shape index (κ1) is 22.0. The molecule has 0 saturated carbocycles. The number of hydrogen-bond acceptors (Lipinski definition) is 4. The van der Waals surface area contributed by atoms with Gasteiger partial charge in [0, 0.05) is 16.6 Å². The molecular formula is C20H32BrNO3. The highest BCUT2D eigenvalue weighted by Gasteiger charge is 2.23. The fourth-order valence-corrected chi connectivity index (χ4v) is 2.69. The Kier molecular flexibility index (Phi) is 7.94. The predicted molar refractivity (Wildman–Crippen MR) is 106 cm³/mol. The molecule has 0 aliphatic heterocycles. The van der Waals surface area contributed by atoms with Gasteiger partial charge in [-0.05, 0) is 57.9 Å². The molecule has 0 bridgehead atoms. The number of carbonyl (C=O) groups is 1. The first-order valence-electron chi connectivity index (χ1n) is 8.78. The van der Waals surface area contributed by atoms with E-state index in [2.05, 4.69) is 42.8 Å². The average molecular weight is 414 g/mol. The lowest BCUT2D eigenvalue weighted by molar-refractivity contribution is -0.155. The van der Waals surface area contributed by atoms with Gasteiger partial charge < -0.3 is 9.47 Å². The average Bonchev–Trinajstić information content (AvgIpc) is 2.46. The number of nitrogens with zero attached hydrogens (tertiary/aromatic N) is 1. The van der Waals surface area contributed by atoms with Crippen molar-refractivity contribution in [3.8, 4) is 5.75 Å². The van der Waals surface area contributed by atoms with Crippen LogP contribution in [-0.4, -0.2) is 43.2 Å². The normalized spacial score (nSPS) is 12.4. The quantitative estimate of drug-likeness (QED) is 0.574. The molecule has 5 heteroatoms. The highest BCUT2D eigenvalue weighted by atomic mass is 79.9. The smallest absolute Gasteiger partial charge is 0.320 e. The van der Waals surface area contributed by atoms with Crippen molar-refractivity contribution in [3.05, 3.63) is 28.2 Å². The van der Waals surface area contributed by atoms with Gasteiger partial charge in [0.05, 0.1) is 6.54 Å². The van der Waals surface area contributed by atoms with Crippen LogP contribution in [0.1, 0.15) is 53.5 Å². The summed E-state index contributed by atoms with van der Waals surface area (Å²) in [7, 11) is 1.89. The van der Waals surface area contributed by atoms with Crippen LogP contribution < -0.4 is 4.74 Å². The van der Waals surface area contributed by atoms with Gasteiger partial charge in [-0.1, -0.05) is 36.7 Å². The third-order valence-electron chi connectivity index (χ3n) is 4.10. The molecule has 0 aliphatic rings. The van der Waals surface area contributed by atoms with Crippen LogP contribution in [0.5, 0.6) is 5.75 Å². The zero-order chi connectivity index (χ0) is 19.3. The number of likely N-dealkylation sites (N-methyl/N-ethyl adjacent to an activating group) is 1. The van der Waals surface area contributed by atoms with Crippen molar-refractivity contribution in [2.24, 2.45) is 0 Å². The summed E-state index contributed by atoms with van der Waals surface area (Å²) in [6.45, 7) is 13.7. The number of benzene rings is 1. The fourth-order valence-electron chi connectivity index (χ4n) is 2.33. The van der Waals surface area contributed by atoms with Crippen molar-refractivity contribution < 1.29 is 14.3 Å². The minimum atomic E-state index is -0.452. The maximum absolute atomic E-state index is 11.9. The zero-order valence-electron chi connectivity index (χ0n) is 16.6. The fraction of sp³-hybridized carbons (Fsp3) is 0.650. The number of carbonyl (C=O) groups excluding carboxylic acids is 1. The summed E-state index contributed by atoms with van der Waals surface area (Å²) in [5.74, 6) is 0.687. The van der Waals surface area contributed by atoms with E-state index in [1.807, 2.05) is 44.9 Å². The number of esters is 1. The molecule has 1 rings (SSSR count). The van der Waals surface area contributed by atoms with Crippen LogP contribution in [0.15, 0.2) is 22.7 Å². The molecule has 0 spiro atoms. The highest BCUT2D eigenvalue weighted by Crippen LogP contribution is 2.36. The van der Waals surface area contributed by atoms with Gasteiger partial charge in [0.25, 0.3) is 0 Å². The van der Waals surface area contributed by atoms with Crippen molar-refractivity contribution >= 4 is 21.9 Å². The first-order valence-corrected chi connectivity index (χ1v) is 9.57. The summed E-state index contributed by atoms with van der Waals surface area (Å²) >= 11 is 3.55. The Balaban J connectivity index is 2.60. The monoisotopic (exact) mass is 413 g/mol. The SMILES string of the molecule is CCC(C)(C)c1cc(Br)ccc1OCCN(C)CC(=O)OC(C)(C)C. The van der Waals surface area contributed by atoms with E-state index in [4.69, 9.17) is 9.47 Å². The standard InChI is InChI=1S/C20H32BrNO3/c1-8-20(5,6)16-13-15(21)9-10-17(16)24-12-11-22(7)14-18(23)25-19(2,3)4/h9-10,13H,8,11-12,14H2,1-7H3. The van der Waals surface area contributed by atoms with E-state index in [-0.39, 0.29) is 17.9 Å². The van der Waals surface area contributed by atoms with E-state index in [1.54, 1.807) is 0 Å². The molecule has 0 atom stereocenters. The summed E-state index contributed by atoms with van der Waals surface area (Å²) in [5.41, 5.74) is 0.785. The van der Waals surface area contributed by atoms with E-state index in [0.717, 1.165) is 16.6 Å². The summed E-state index contributed by atoms with van der Waals surface area (Å²) < 4.78 is 12.4. The number of hydrogen-bond donors (Lipinski definition) is 0. The van der Waals surface area contributed by atoms with Crippen LogP contribution in [0.3, 0.4) is 0 Å². The van der Waals surface area contributed by atoms with Crippen molar-refractivity contribution in [2.75, 3.05) is 26.7 Å². The Morgan fingerprint density at radius 2 is 1.84 bits per heavy atom. The maximum Gasteiger partial charge on any atom is 0.320 e. The minimum Gasteiger partial charge on any atom is -0.492 e. The molecule has 142 valence electrons. The molecule has 0 unspecified atom stereocenters. The van der Waals surface area contributed by atoms with E-state index < -0.39 is 5.60 Å². The molecule has 25 heavy (non-hydrogen) atoms. The lowest BCUT2D eigenvalue weighted by Gasteiger charge is -2.27. The minimum absolute atomic E-state index is 0.0432. The van der Waals surface area contributed by atoms with Gasteiger partial charge in [-0.25, -0.2) is 0 Å².